The summed E-state index contributed by atoms with van der Waals surface area (Å²) in [5.74, 6) is -0.758. The fourth-order valence-electron chi connectivity index (χ4n) is 2.10. The monoisotopic (exact) mass is 345 g/mol. The molecule has 1 aromatic carbocycles. The Hall–Kier alpha value is -2.41. The number of nitrogens with one attached hydrogen (secondary N) is 1. The maximum Gasteiger partial charge on any atom is 0.335 e. The molecule has 1 amide bonds. The van der Waals surface area contributed by atoms with E-state index in [1.165, 1.54) is 11.8 Å². The zero-order valence-electron chi connectivity index (χ0n) is 13.6. The van der Waals surface area contributed by atoms with Crippen LogP contribution < -0.4 is 5.32 Å². The third-order valence-corrected chi connectivity index (χ3v) is 4.08. The number of nitrogens with zero attached hydrogens (tertiary/aromatic N) is 2. The first-order valence-corrected chi connectivity index (χ1v) is 8.46. The van der Waals surface area contributed by atoms with E-state index >= 15 is 0 Å². The van der Waals surface area contributed by atoms with Crippen LogP contribution in [0.15, 0.2) is 35.5 Å². The molecule has 126 valence electrons. The minimum Gasteiger partial charge on any atom is -0.478 e. The molecule has 0 saturated carbocycles. The normalized spacial score (nSPS) is 10.4. The van der Waals surface area contributed by atoms with E-state index in [4.69, 9.17) is 5.11 Å². The fraction of sp³-hybridized carbons (Fsp3) is 0.294. The van der Waals surface area contributed by atoms with Gasteiger partial charge in [-0.1, -0.05) is 23.9 Å². The first-order valence-electron chi connectivity index (χ1n) is 7.48. The van der Waals surface area contributed by atoms with Gasteiger partial charge in [0.2, 0.25) is 5.91 Å². The van der Waals surface area contributed by atoms with Gasteiger partial charge in [-0.25, -0.2) is 14.8 Å². The van der Waals surface area contributed by atoms with Crippen molar-refractivity contribution in [3.63, 3.8) is 0 Å². The Morgan fingerprint density at radius 3 is 2.33 bits per heavy atom. The van der Waals surface area contributed by atoms with Crippen LogP contribution >= 0.6 is 11.8 Å². The summed E-state index contributed by atoms with van der Waals surface area (Å²) in [4.78, 5) is 31.2. The molecule has 7 heteroatoms. The average molecular weight is 345 g/mol. The number of aryl methyl sites for hydroxylation is 2. The lowest BCUT2D eigenvalue weighted by Gasteiger charge is -2.06. The number of thioether (sulfide) groups is 1. The lowest BCUT2D eigenvalue weighted by molar-refractivity contribution is -0.118. The molecular formula is C17H19N3O3S. The van der Waals surface area contributed by atoms with Crippen LogP contribution in [0.3, 0.4) is 0 Å². The van der Waals surface area contributed by atoms with Crippen molar-refractivity contribution in [3.8, 4) is 0 Å². The van der Waals surface area contributed by atoms with Crippen molar-refractivity contribution < 1.29 is 14.7 Å². The number of aromatic nitrogens is 2. The Kier molecular flexibility index (Phi) is 6.31. The summed E-state index contributed by atoms with van der Waals surface area (Å²) in [6.07, 6.45) is 0.649. The summed E-state index contributed by atoms with van der Waals surface area (Å²) in [6.45, 7) is 4.29. The molecule has 1 aromatic heterocycles. The van der Waals surface area contributed by atoms with Gasteiger partial charge in [0.1, 0.15) is 0 Å². The number of carbonyl (C=O) groups is 2. The molecule has 2 aromatic rings. The van der Waals surface area contributed by atoms with Gasteiger partial charge in [0.15, 0.2) is 5.16 Å². The molecule has 0 unspecified atom stereocenters. The lowest BCUT2D eigenvalue weighted by atomic mass is 10.1. The Bertz CT molecular complexity index is 712. The third-order valence-electron chi connectivity index (χ3n) is 3.23. The number of amides is 1. The summed E-state index contributed by atoms with van der Waals surface area (Å²) in [5, 5.41) is 12.3. The minimum atomic E-state index is -0.944. The maximum absolute atomic E-state index is 11.9. The van der Waals surface area contributed by atoms with Crippen LogP contribution in [0.4, 0.5) is 0 Å². The molecule has 0 spiro atoms. The van der Waals surface area contributed by atoms with Crippen LogP contribution in [0, 0.1) is 13.8 Å². The highest BCUT2D eigenvalue weighted by Gasteiger charge is 2.06. The van der Waals surface area contributed by atoms with Crippen LogP contribution in [0.5, 0.6) is 0 Å². The second-order valence-electron chi connectivity index (χ2n) is 5.32. The molecule has 0 aliphatic heterocycles. The molecule has 0 aliphatic rings. The number of carboxylic acids is 1. The first-order chi connectivity index (χ1) is 11.4. The Morgan fingerprint density at radius 1 is 1.12 bits per heavy atom. The molecule has 0 bridgehead atoms. The maximum atomic E-state index is 11.9. The summed E-state index contributed by atoms with van der Waals surface area (Å²) in [6, 6.07) is 8.53. The van der Waals surface area contributed by atoms with Crippen molar-refractivity contribution in [2.24, 2.45) is 0 Å². The van der Waals surface area contributed by atoms with E-state index in [9.17, 15) is 9.59 Å². The van der Waals surface area contributed by atoms with Crippen molar-refractivity contribution in [2.75, 3.05) is 12.3 Å². The Morgan fingerprint density at radius 2 is 1.75 bits per heavy atom. The number of rotatable bonds is 7. The molecular weight excluding hydrogens is 326 g/mol. The van der Waals surface area contributed by atoms with Crippen molar-refractivity contribution in [1.82, 2.24) is 15.3 Å². The number of aromatic carboxylic acids is 1. The smallest absolute Gasteiger partial charge is 0.335 e. The van der Waals surface area contributed by atoms with E-state index in [1.807, 2.05) is 19.9 Å². The highest BCUT2D eigenvalue weighted by molar-refractivity contribution is 7.99. The number of carboxylic acid groups (broad SMARTS) is 1. The largest absolute Gasteiger partial charge is 0.478 e. The van der Waals surface area contributed by atoms with E-state index in [2.05, 4.69) is 15.3 Å². The lowest BCUT2D eigenvalue weighted by Crippen LogP contribution is -2.27. The van der Waals surface area contributed by atoms with Gasteiger partial charge in [-0.3, -0.25) is 4.79 Å². The highest BCUT2D eigenvalue weighted by atomic mass is 32.2. The Labute approximate surface area is 144 Å². The molecule has 0 fully saturated rings. The van der Waals surface area contributed by atoms with Crippen LogP contribution in [0.1, 0.15) is 27.3 Å². The van der Waals surface area contributed by atoms with Gasteiger partial charge in [-0.15, -0.1) is 0 Å². The van der Waals surface area contributed by atoms with E-state index in [0.29, 0.717) is 18.1 Å². The molecule has 2 rings (SSSR count). The van der Waals surface area contributed by atoms with Crippen molar-refractivity contribution in [3.05, 3.63) is 52.8 Å². The summed E-state index contributed by atoms with van der Waals surface area (Å²) in [5.41, 5.74) is 3.00. The van der Waals surface area contributed by atoms with Crippen LogP contribution in [0.25, 0.3) is 0 Å². The average Bonchev–Trinajstić information content (AvgIpc) is 2.52. The molecule has 0 atom stereocenters. The van der Waals surface area contributed by atoms with Gasteiger partial charge >= 0.3 is 5.97 Å². The fourth-order valence-corrected chi connectivity index (χ4v) is 2.88. The SMILES string of the molecule is Cc1cc(C)nc(SCC(=O)NCCc2ccc(C(=O)O)cc2)n1. The second-order valence-corrected chi connectivity index (χ2v) is 6.27. The summed E-state index contributed by atoms with van der Waals surface area (Å²) in [7, 11) is 0. The van der Waals surface area contributed by atoms with E-state index < -0.39 is 5.97 Å². The highest BCUT2D eigenvalue weighted by Crippen LogP contribution is 2.13. The molecule has 2 N–H and O–H groups in total. The van der Waals surface area contributed by atoms with Gasteiger partial charge in [-0.2, -0.15) is 0 Å². The van der Waals surface area contributed by atoms with Crippen LogP contribution in [0.2, 0.25) is 0 Å². The topological polar surface area (TPSA) is 92.2 Å². The number of carbonyl (C=O) groups excluding carboxylic acids is 1. The quantitative estimate of drug-likeness (QED) is 0.591. The van der Waals surface area contributed by atoms with Gasteiger partial charge in [0.25, 0.3) is 0 Å². The summed E-state index contributed by atoms with van der Waals surface area (Å²) < 4.78 is 0. The van der Waals surface area contributed by atoms with E-state index in [-0.39, 0.29) is 17.2 Å². The second kappa shape index (κ2) is 8.44. The van der Waals surface area contributed by atoms with Crippen molar-refractivity contribution in [2.45, 2.75) is 25.4 Å². The Balaban J connectivity index is 1.74. The third kappa shape index (κ3) is 5.66. The number of hydrogen-bond acceptors (Lipinski definition) is 5. The predicted molar refractivity (Wildman–Crippen MR) is 92.3 cm³/mol. The van der Waals surface area contributed by atoms with E-state index in [0.717, 1.165) is 17.0 Å². The summed E-state index contributed by atoms with van der Waals surface area (Å²) >= 11 is 1.31. The van der Waals surface area contributed by atoms with Gasteiger partial charge in [0.05, 0.1) is 11.3 Å². The minimum absolute atomic E-state index is 0.0788. The molecule has 6 nitrogen and oxygen atoms in total. The van der Waals surface area contributed by atoms with Crippen LogP contribution in [-0.4, -0.2) is 39.2 Å². The van der Waals surface area contributed by atoms with Gasteiger partial charge in [-0.05, 0) is 44.0 Å². The number of benzene rings is 1. The zero-order chi connectivity index (χ0) is 17.5. The molecule has 0 radical (unpaired) electrons. The molecule has 0 aliphatic carbocycles. The van der Waals surface area contributed by atoms with Crippen LogP contribution in [-0.2, 0) is 11.2 Å². The molecule has 24 heavy (non-hydrogen) atoms. The number of hydrogen-bond donors (Lipinski definition) is 2. The van der Waals surface area contributed by atoms with Gasteiger partial charge < -0.3 is 10.4 Å². The molecule has 1 heterocycles. The molecule has 0 saturated heterocycles. The van der Waals surface area contributed by atoms with Crippen molar-refractivity contribution in [1.29, 1.82) is 0 Å². The van der Waals surface area contributed by atoms with Crippen molar-refractivity contribution >= 4 is 23.6 Å². The van der Waals surface area contributed by atoms with E-state index in [1.54, 1.807) is 24.3 Å². The predicted octanol–water partition coefficient (Wildman–Crippen LogP) is 2.24. The van der Waals surface area contributed by atoms with Gasteiger partial charge in [0, 0.05) is 17.9 Å². The zero-order valence-corrected chi connectivity index (χ0v) is 14.4. The first kappa shape index (κ1) is 17.9. The standard InChI is InChI=1S/C17H19N3O3S/c1-11-9-12(2)20-17(19-11)24-10-15(21)18-8-7-13-3-5-14(6-4-13)16(22)23/h3-6,9H,7-8,10H2,1-2H3,(H,18,21)(H,22,23).